The molecule has 2 heterocycles. The summed E-state index contributed by atoms with van der Waals surface area (Å²) >= 11 is 0. The molecule has 1 amide bonds. The van der Waals surface area contributed by atoms with Crippen molar-refractivity contribution in [1.82, 2.24) is 4.90 Å². The van der Waals surface area contributed by atoms with Gasteiger partial charge in [-0.25, -0.2) is 9.18 Å². The molecular weight excluding hydrogens is 323 g/mol. The van der Waals surface area contributed by atoms with Crippen molar-refractivity contribution in [2.75, 3.05) is 18.1 Å². The first-order valence-electron chi connectivity index (χ1n) is 8.35. The van der Waals surface area contributed by atoms with Gasteiger partial charge in [0.25, 0.3) is 0 Å². The van der Waals surface area contributed by atoms with E-state index < -0.39 is 6.09 Å². The molecule has 2 aliphatic rings. The predicted molar refractivity (Wildman–Crippen MR) is 90.9 cm³/mol. The number of rotatable bonds is 2. The standard InChI is InChI=1S/C19H19FN2O3/c20-15-6-5-13-10-21(11-14-3-1-2-4-18(14)23)8-7-16-12-25-19(24)22(16)17(13)9-15/h1-6,9,16,23H,7-8,10-12H2. The number of hydrogen-bond acceptors (Lipinski definition) is 4. The molecule has 25 heavy (non-hydrogen) atoms. The van der Waals surface area contributed by atoms with Crippen LogP contribution < -0.4 is 4.90 Å². The van der Waals surface area contributed by atoms with Gasteiger partial charge < -0.3 is 9.84 Å². The van der Waals surface area contributed by atoms with E-state index in [2.05, 4.69) is 4.90 Å². The Morgan fingerprint density at radius 3 is 2.92 bits per heavy atom. The number of benzene rings is 2. The summed E-state index contributed by atoms with van der Waals surface area (Å²) in [4.78, 5) is 15.9. The fourth-order valence-corrected chi connectivity index (χ4v) is 3.54. The first kappa shape index (κ1) is 15.9. The van der Waals surface area contributed by atoms with Gasteiger partial charge in [-0.3, -0.25) is 9.80 Å². The molecule has 1 atom stereocenters. The normalized spacial score (nSPS) is 20.4. The van der Waals surface area contributed by atoms with Crippen molar-refractivity contribution in [1.29, 1.82) is 0 Å². The minimum atomic E-state index is -0.411. The Morgan fingerprint density at radius 1 is 1.24 bits per heavy atom. The molecule has 130 valence electrons. The van der Waals surface area contributed by atoms with Crippen LogP contribution in [0.1, 0.15) is 17.5 Å². The van der Waals surface area contributed by atoms with Gasteiger partial charge in [-0.05, 0) is 30.2 Å². The Hall–Kier alpha value is -2.60. The number of anilines is 1. The average molecular weight is 342 g/mol. The molecule has 1 saturated heterocycles. The van der Waals surface area contributed by atoms with E-state index in [1.807, 2.05) is 12.1 Å². The van der Waals surface area contributed by atoms with E-state index in [9.17, 15) is 14.3 Å². The van der Waals surface area contributed by atoms with E-state index in [1.54, 1.807) is 23.1 Å². The first-order chi connectivity index (χ1) is 12.1. The molecule has 0 bridgehead atoms. The van der Waals surface area contributed by atoms with Gasteiger partial charge in [0, 0.05) is 25.2 Å². The summed E-state index contributed by atoms with van der Waals surface area (Å²) < 4.78 is 19.0. The summed E-state index contributed by atoms with van der Waals surface area (Å²) in [6.45, 7) is 2.23. The van der Waals surface area contributed by atoms with Gasteiger partial charge in [0.1, 0.15) is 18.2 Å². The number of hydrogen-bond donors (Lipinski definition) is 1. The lowest BCUT2D eigenvalue weighted by molar-refractivity contribution is 0.177. The molecule has 0 aromatic heterocycles. The number of amides is 1. The monoisotopic (exact) mass is 342 g/mol. The summed E-state index contributed by atoms with van der Waals surface area (Å²) in [5.41, 5.74) is 2.30. The van der Waals surface area contributed by atoms with Crippen molar-refractivity contribution in [3.8, 4) is 5.75 Å². The maximum atomic E-state index is 13.8. The molecule has 1 fully saturated rings. The number of cyclic esters (lactones) is 1. The zero-order valence-corrected chi connectivity index (χ0v) is 13.7. The van der Waals surface area contributed by atoms with Gasteiger partial charge >= 0.3 is 6.09 Å². The van der Waals surface area contributed by atoms with E-state index in [-0.39, 0.29) is 17.6 Å². The highest BCUT2D eigenvalue weighted by Gasteiger charge is 2.37. The Balaban J connectivity index is 1.67. The number of carbonyl (C=O) groups is 1. The minimum Gasteiger partial charge on any atom is -0.508 e. The number of carbonyl (C=O) groups excluding carboxylic acids is 1. The average Bonchev–Trinajstić information content (AvgIpc) is 2.94. The zero-order valence-electron chi connectivity index (χ0n) is 13.7. The fourth-order valence-electron chi connectivity index (χ4n) is 3.54. The number of para-hydroxylation sites is 1. The largest absolute Gasteiger partial charge is 0.508 e. The highest BCUT2D eigenvalue weighted by atomic mass is 19.1. The quantitative estimate of drug-likeness (QED) is 0.910. The molecule has 0 saturated carbocycles. The molecule has 0 spiro atoms. The van der Waals surface area contributed by atoms with Crippen molar-refractivity contribution in [2.45, 2.75) is 25.6 Å². The molecular formula is C19H19FN2O3. The zero-order chi connectivity index (χ0) is 17.4. The Labute approximate surface area is 145 Å². The van der Waals surface area contributed by atoms with E-state index in [0.717, 1.165) is 24.1 Å². The third kappa shape index (κ3) is 3.05. The van der Waals surface area contributed by atoms with Crippen molar-refractivity contribution in [3.05, 3.63) is 59.4 Å². The van der Waals surface area contributed by atoms with E-state index in [1.165, 1.54) is 12.1 Å². The van der Waals surface area contributed by atoms with Crippen molar-refractivity contribution < 1.29 is 19.0 Å². The summed E-state index contributed by atoms with van der Waals surface area (Å²) in [5.74, 6) is -0.102. The molecule has 5 nitrogen and oxygen atoms in total. The van der Waals surface area contributed by atoms with Crippen LogP contribution in [0.4, 0.5) is 14.9 Å². The topological polar surface area (TPSA) is 53.0 Å². The molecule has 1 unspecified atom stereocenters. The SMILES string of the molecule is O=C1OCC2CCN(Cc3ccccc3O)Cc3ccc(F)cc3N12. The second kappa shape index (κ2) is 6.37. The molecule has 2 aromatic rings. The smallest absolute Gasteiger partial charge is 0.414 e. The molecule has 0 radical (unpaired) electrons. The maximum absolute atomic E-state index is 13.8. The Morgan fingerprint density at radius 2 is 2.08 bits per heavy atom. The number of fused-ring (bicyclic) bond motifs is 3. The molecule has 4 rings (SSSR count). The van der Waals surface area contributed by atoms with Crippen LogP contribution in [0.15, 0.2) is 42.5 Å². The number of halogens is 1. The van der Waals surface area contributed by atoms with Gasteiger partial charge in [0.15, 0.2) is 0 Å². The molecule has 1 N–H and O–H groups in total. The number of phenolic OH excluding ortho intramolecular Hbond substituents is 1. The van der Waals surface area contributed by atoms with Crippen molar-refractivity contribution in [2.24, 2.45) is 0 Å². The maximum Gasteiger partial charge on any atom is 0.414 e. The van der Waals surface area contributed by atoms with Gasteiger partial charge in [-0.2, -0.15) is 0 Å². The van der Waals surface area contributed by atoms with Gasteiger partial charge in [-0.1, -0.05) is 24.3 Å². The lowest BCUT2D eigenvalue weighted by Crippen LogP contribution is -2.40. The second-order valence-electron chi connectivity index (χ2n) is 6.50. The molecule has 2 aliphatic heterocycles. The summed E-state index contributed by atoms with van der Waals surface area (Å²) in [5, 5.41) is 10.0. The van der Waals surface area contributed by atoms with Crippen LogP contribution in [-0.2, 0) is 17.8 Å². The van der Waals surface area contributed by atoms with E-state index >= 15 is 0 Å². The highest BCUT2D eigenvalue weighted by Crippen LogP contribution is 2.33. The lowest BCUT2D eigenvalue weighted by atomic mass is 10.0. The molecule has 6 heteroatoms. The number of ether oxygens (including phenoxy) is 1. The van der Waals surface area contributed by atoms with Crippen LogP contribution in [0, 0.1) is 5.82 Å². The van der Waals surface area contributed by atoms with Crippen LogP contribution in [0.5, 0.6) is 5.75 Å². The third-order valence-corrected chi connectivity index (χ3v) is 4.83. The van der Waals surface area contributed by atoms with Crippen LogP contribution in [0.25, 0.3) is 0 Å². The molecule has 0 aliphatic carbocycles. The summed E-state index contributed by atoms with van der Waals surface area (Å²) in [6, 6.07) is 11.7. The van der Waals surface area contributed by atoms with Gasteiger partial charge in [0.2, 0.25) is 0 Å². The fraction of sp³-hybridized carbons (Fsp3) is 0.316. The number of nitrogens with zero attached hydrogens (tertiary/aromatic N) is 2. The van der Waals surface area contributed by atoms with Gasteiger partial charge in [-0.15, -0.1) is 0 Å². The lowest BCUT2D eigenvalue weighted by Gasteiger charge is -2.32. The van der Waals surface area contributed by atoms with Crippen LogP contribution in [-0.4, -0.2) is 35.3 Å². The highest BCUT2D eigenvalue weighted by molar-refractivity contribution is 5.91. The number of aromatic hydroxyl groups is 1. The number of phenols is 1. The Bertz CT molecular complexity index is 811. The van der Waals surface area contributed by atoms with Crippen molar-refractivity contribution >= 4 is 11.8 Å². The van der Waals surface area contributed by atoms with Crippen molar-refractivity contribution in [3.63, 3.8) is 0 Å². The summed E-state index contributed by atoms with van der Waals surface area (Å²) in [6.07, 6.45) is 0.320. The van der Waals surface area contributed by atoms with Gasteiger partial charge in [0.05, 0.1) is 11.7 Å². The van der Waals surface area contributed by atoms with E-state index in [0.29, 0.717) is 25.4 Å². The Kier molecular flexibility index (Phi) is 4.05. The minimum absolute atomic E-state index is 0.0970. The van der Waals surface area contributed by atoms with E-state index in [4.69, 9.17) is 4.74 Å². The third-order valence-electron chi connectivity index (χ3n) is 4.83. The van der Waals surface area contributed by atoms with Crippen LogP contribution >= 0.6 is 0 Å². The first-order valence-corrected chi connectivity index (χ1v) is 8.35. The predicted octanol–water partition coefficient (Wildman–Crippen LogP) is 3.26. The van der Waals surface area contributed by atoms with Crippen LogP contribution in [0.3, 0.4) is 0 Å². The summed E-state index contributed by atoms with van der Waals surface area (Å²) in [7, 11) is 0. The molecule has 2 aromatic carbocycles. The van der Waals surface area contributed by atoms with Crippen LogP contribution in [0.2, 0.25) is 0 Å². The second-order valence-corrected chi connectivity index (χ2v) is 6.50.